The molecule has 0 saturated heterocycles. The normalized spacial score (nSPS) is 19.9. The van der Waals surface area contributed by atoms with Gasteiger partial charge in [0.2, 0.25) is 0 Å². The van der Waals surface area contributed by atoms with Crippen LogP contribution >= 0.6 is 0 Å². The third kappa shape index (κ3) is 1.46. The lowest BCUT2D eigenvalue weighted by molar-refractivity contribution is 0.0892. The highest BCUT2D eigenvalue weighted by Crippen LogP contribution is 2.30. The van der Waals surface area contributed by atoms with Crippen molar-refractivity contribution in [2.75, 3.05) is 0 Å². The fourth-order valence-corrected chi connectivity index (χ4v) is 2.06. The lowest BCUT2D eigenvalue weighted by atomic mass is 9.90. The molecule has 0 unspecified atom stereocenters. The van der Waals surface area contributed by atoms with Crippen LogP contribution in [0.4, 0.5) is 0 Å². The number of carbonyl (C=O) groups is 1. The molecule has 1 aliphatic rings. The Balaban J connectivity index is 2.23. The topological polar surface area (TPSA) is 60.9 Å². The van der Waals surface area contributed by atoms with Gasteiger partial charge in [-0.05, 0) is 12.8 Å². The lowest BCUT2D eigenvalue weighted by Gasteiger charge is -2.20. The molecule has 1 aliphatic carbocycles. The lowest BCUT2D eigenvalue weighted by Crippen LogP contribution is -2.45. The number of nitrogens with zero attached hydrogens (tertiary/aromatic N) is 2. The van der Waals surface area contributed by atoms with Gasteiger partial charge in [-0.3, -0.25) is 9.48 Å². The average molecular weight is 193 g/mol. The van der Waals surface area contributed by atoms with E-state index >= 15 is 0 Å². The van der Waals surface area contributed by atoms with Crippen molar-refractivity contribution in [2.45, 2.75) is 31.2 Å². The minimum atomic E-state index is -0.622. The van der Waals surface area contributed by atoms with E-state index in [1.165, 1.54) is 0 Å². The van der Waals surface area contributed by atoms with Crippen molar-refractivity contribution in [2.24, 2.45) is 12.8 Å². The molecule has 0 bridgehead atoms. The van der Waals surface area contributed by atoms with Crippen LogP contribution in [0, 0.1) is 0 Å². The van der Waals surface area contributed by atoms with Crippen molar-refractivity contribution >= 4 is 5.78 Å². The molecule has 0 radical (unpaired) electrons. The number of rotatable bonds is 2. The predicted molar refractivity (Wildman–Crippen MR) is 52.9 cm³/mol. The number of ketones is 1. The summed E-state index contributed by atoms with van der Waals surface area (Å²) in [4.78, 5) is 12.0. The second kappa shape index (κ2) is 3.20. The molecule has 76 valence electrons. The summed E-state index contributed by atoms with van der Waals surface area (Å²) in [6, 6.07) is 0. The standard InChI is InChI=1S/C10H15N3O/c1-13-7-8(6-12-13)9(14)10(11)4-2-3-5-10/h6-7H,2-5,11H2,1H3. The van der Waals surface area contributed by atoms with E-state index in [1.807, 2.05) is 0 Å². The van der Waals surface area contributed by atoms with E-state index in [-0.39, 0.29) is 5.78 Å². The fourth-order valence-electron chi connectivity index (χ4n) is 2.06. The molecule has 4 nitrogen and oxygen atoms in total. The Hall–Kier alpha value is -1.16. The van der Waals surface area contributed by atoms with Gasteiger partial charge >= 0.3 is 0 Å². The number of nitrogens with two attached hydrogens (primary N) is 1. The zero-order valence-electron chi connectivity index (χ0n) is 8.36. The highest BCUT2D eigenvalue weighted by Gasteiger charge is 2.37. The Morgan fingerprint density at radius 2 is 2.21 bits per heavy atom. The van der Waals surface area contributed by atoms with Crippen LogP contribution < -0.4 is 5.73 Å². The molecular weight excluding hydrogens is 178 g/mol. The van der Waals surface area contributed by atoms with Gasteiger partial charge in [0.05, 0.1) is 17.3 Å². The maximum Gasteiger partial charge on any atom is 0.185 e. The van der Waals surface area contributed by atoms with E-state index in [9.17, 15) is 4.79 Å². The summed E-state index contributed by atoms with van der Waals surface area (Å²) >= 11 is 0. The first-order valence-electron chi connectivity index (χ1n) is 4.94. The Morgan fingerprint density at radius 1 is 1.57 bits per heavy atom. The summed E-state index contributed by atoms with van der Waals surface area (Å²) in [6.45, 7) is 0. The van der Waals surface area contributed by atoms with E-state index in [2.05, 4.69) is 5.10 Å². The molecule has 0 aliphatic heterocycles. The van der Waals surface area contributed by atoms with Gasteiger partial charge in [0, 0.05) is 13.2 Å². The summed E-state index contributed by atoms with van der Waals surface area (Å²) in [5.74, 6) is 0.0445. The van der Waals surface area contributed by atoms with Crippen molar-refractivity contribution in [3.8, 4) is 0 Å². The van der Waals surface area contributed by atoms with Crippen molar-refractivity contribution in [3.05, 3.63) is 18.0 Å². The predicted octanol–water partition coefficient (Wildman–Crippen LogP) is 0.874. The Labute approximate surface area is 83.1 Å². The van der Waals surface area contributed by atoms with Crippen LogP contribution in [0.3, 0.4) is 0 Å². The Morgan fingerprint density at radius 3 is 2.71 bits per heavy atom. The fraction of sp³-hybridized carbons (Fsp3) is 0.600. The van der Waals surface area contributed by atoms with E-state index < -0.39 is 5.54 Å². The van der Waals surface area contributed by atoms with Crippen LogP contribution in [0.25, 0.3) is 0 Å². The van der Waals surface area contributed by atoms with Crippen LogP contribution in [0.15, 0.2) is 12.4 Å². The van der Waals surface area contributed by atoms with E-state index in [0.717, 1.165) is 25.7 Å². The smallest absolute Gasteiger partial charge is 0.185 e. The summed E-state index contributed by atoms with van der Waals surface area (Å²) in [6.07, 6.45) is 7.05. The van der Waals surface area contributed by atoms with Gasteiger partial charge in [0.15, 0.2) is 5.78 Å². The molecule has 1 aromatic heterocycles. The van der Waals surface area contributed by atoms with Crippen LogP contribution in [-0.4, -0.2) is 21.1 Å². The van der Waals surface area contributed by atoms with Crippen LogP contribution in [0.1, 0.15) is 36.0 Å². The Bertz CT molecular complexity index is 350. The summed E-state index contributed by atoms with van der Waals surface area (Å²) in [5, 5.41) is 3.98. The SMILES string of the molecule is Cn1cc(C(=O)C2(N)CCCC2)cn1. The number of aryl methyl sites for hydroxylation is 1. The van der Waals surface area contributed by atoms with Crippen molar-refractivity contribution in [3.63, 3.8) is 0 Å². The van der Waals surface area contributed by atoms with E-state index in [4.69, 9.17) is 5.73 Å². The third-order valence-corrected chi connectivity index (χ3v) is 2.92. The van der Waals surface area contributed by atoms with Gasteiger partial charge in [-0.25, -0.2) is 0 Å². The molecule has 0 aromatic carbocycles. The number of hydrogen-bond acceptors (Lipinski definition) is 3. The molecule has 0 atom stereocenters. The highest BCUT2D eigenvalue weighted by atomic mass is 16.1. The first kappa shape index (κ1) is 9.40. The third-order valence-electron chi connectivity index (χ3n) is 2.92. The second-order valence-corrected chi connectivity index (χ2v) is 4.10. The molecule has 1 heterocycles. The largest absolute Gasteiger partial charge is 0.319 e. The second-order valence-electron chi connectivity index (χ2n) is 4.10. The number of Topliss-reactive ketones (excluding diaryl/α,β-unsaturated/α-hetero) is 1. The summed E-state index contributed by atoms with van der Waals surface area (Å²) in [5.41, 5.74) is 6.07. The van der Waals surface area contributed by atoms with E-state index in [1.54, 1.807) is 24.1 Å². The van der Waals surface area contributed by atoms with E-state index in [0.29, 0.717) is 5.56 Å². The monoisotopic (exact) mass is 193 g/mol. The van der Waals surface area contributed by atoms with Crippen molar-refractivity contribution < 1.29 is 4.79 Å². The maximum absolute atomic E-state index is 12.0. The summed E-state index contributed by atoms with van der Waals surface area (Å²) < 4.78 is 1.63. The molecule has 14 heavy (non-hydrogen) atoms. The highest BCUT2D eigenvalue weighted by molar-refractivity contribution is 6.02. The molecule has 2 rings (SSSR count). The Kier molecular flexibility index (Phi) is 2.15. The summed E-state index contributed by atoms with van der Waals surface area (Å²) in [7, 11) is 1.80. The molecule has 2 N–H and O–H groups in total. The minimum Gasteiger partial charge on any atom is -0.319 e. The molecule has 0 amide bonds. The first-order chi connectivity index (χ1) is 6.62. The molecule has 1 aromatic rings. The van der Waals surface area contributed by atoms with Gasteiger partial charge in [-0.15, -0.1) is 0 Å². The molecule has 1 saturated carbocycles. The maximum atomic E-state index is 12.0. The van der Waals surface area contributed by atoms with Gasteiger partial charge < -0.3 is 5.73 Å². The van der Waals surface area contributed by atoms with Crippen molar-refractivity contribution in [1.82, 2.24) is 9.78 Å². The van der Waals surface area contributed by atoms with Crippen molar-refractivity contribution in [1.29, 1.82) is 0 Å². The van der Waals surface area contributed by atoms with Gasteiger partial charge in [-0.1, -0.05) is 12.8 Å². The average Bonchev–Trinajstić information content (AvgIpc) is 2.74. The van der Waals surface area contributed by atoms with Crippen LogP contribution in [0.2, 0.25) is 0 Å². The molecule has 4 heteroatoms. The first-order valence-corrected chi connectivity index (χ1v) is 4.94. The van der Waals surface area contributed by atoms with Crippen LogP contribution in [-0.2, 0) is 7.05 Å². The molecule has 0 spiro atoms. The number of aromatic nitrogens is 2. The van der Waals surface area contributed by atoms with Gasteiger partial charge in [0.25, 0.3) is 0 Å². The zero-order chi connectivity index (χ0) is 10.2. The van der Waals surface area contributed by atoms with Crippen LogP contribution in [0.5, 0.6) is 0 Å². The van der Waals surface area contributed by atoms with Gasteiger partial charge in [0.1, 0.15) is 0 Å². The quantitative estimate of drug-likeness (QED) is 0.709. The minimum absolute atomic E-state index is 0.0445. The number of hydrogen-bond donors (Lipinski definition) is 1. The van der Waals surface area contributed by atoms with Gasteiger partial charge in [-0.2, -0.15) is 5.10 Å². The molecule has 1 fully saturated rings. The number of carbonyl (C=O) groups excluding carboxylic acids is 1. The molecular formula is C10H15N3O. The zero-order valence-corrected chi connectivity index (χ0v) is 8.36.